The van der Waals surface area contributed by atoms with Crippen molar-refractivity contribution in [2.45, 2.75) is 0 Å². The van der Waals surface area contributed by atoms with Crippen LogP contribution in [0.4, 0.5) is 11.6 Å². The Labute approximate surface area is 151 Å². The molecule has 0 atom stereocenters. The Balaban J connectivity index is 1.79. The fraction of sp³-hybridized carbons (Fsp3) is 0.100. The van der Waals surface area contributed by atoms with Gasteiger partial charge in [-0.1, -0.05) is 12.1 Å². The lowest BCUT2D eigenvalue weighted by molar-refractivity contribution is 0.414. The fourth-order valence-corrected chi connectivity index (χ4v) is 2.29. The first-order chi connectivity index (χ1) is 12.7. The van der Waals surface area contributed by atoms with E-state index in [0.717, 1.165) is 22.7 Å². The average Bonchev–Trinajstić information content (AvgIpc) is 3.09. The highest BCUT2D eigenvalue weighted by Crippen LogP contribution is 2.24. The first-order valence-corrected chi connectivity index (χ1v) is 7.86. The van der Waals surface area contributed by atoms with Crippen molar-refractivity contribution in [2.24, 2.45) is 0 Å². The van der Waals surface area contributed by atoms with Gasteiger partial charge in [0.1, 0.15) is 17.6 Å². The number of rotatable bonds is 6. The van der Waals surface area contributed by atoms with Crippen LogP contribution in [0.25, 0.3) is 12.2 Å². The average molecular weight is 347 g/mol. The van der Waals surface area contributed by atoms with Crippen molar-refractivity contribution in [3.8, 4) is 17.6 Å². The number of methoxy groups -OCH3 is 2. The van der Waals surface area contributed by atoms with Crippen molar-refractivity contribution in [3.05, 3.63) is 65.7 Å². The Morgan fingerprint density at radius 1 is 1.04 bits per heavy atom. The summed E-state index contributed by atoms with van der Waals surface area (Å²) in [6.07, 6.45) is 3.54. The summed E-state index contributed by atoms with van der Waals surface area (Å²) >= 11 is 0. The summed E-state index contributed by atoms with van der Waals surface area (Å²) < 4.78 is 16.0. The van der Waals surface area contributed by atoms with Gasteiger partial charge in [-0.15, -0.1) is 0 Å². The maximum Gasteiger partial charge on any atom is 0.236 e. The van der Waals surface area contributed by atoms with Crippen LogP contribution in [-0.4, -0.2) is 19.2 Å². The van der Waals surface area contributed by atoms with Gasteiger partial charge in [0.2, 0.25) is 17.5 Å². The second kappa shape index (κ2) is 7.90. The highest BCUT2D eigenvalue weighted by atomic mass is 16.5. The number of oxazole rings is 1. The molecule has 0 saturated heterocycles. The zero-order valence-electron chi connectivity index (χ0n) is 14.4. The SMILES string of the molecule is COc1ccc(Nc2oc(/C=C/c3cccc(OC)c3)nc2C#N)cc1. The van der Waals surface area contributed by atoms with Gasteiger partial charge in [-0.3, -0.25) is 0 Å². The van der Waals surface area contributed by atoms with Gasteiger partial charge in [0.15, 0.2) is 0 Å². The molecular formula is C20H17N3O3. The highest BCUT2D eigenvalue weighted by molar-refractivity contribution is 5.69. The molecule has 0 amide bonds. The van der Waals surface area contributed by atoms with E-state index in [1.165, 1.54) is 0 Å². The molecule has 0 aliphatic carbocycles. The topological polar surface area (TPSA) is 80.3 Å². The molecule has 2 aromatic carbocycles. The third-order valence-corrected chi connectivity index (χ3v) is 3.61. The molecule has 26 heavy (non-hydrogen) atoms. The monoisotopic (exact) mass is 347 g/mol. The van der Waals surface area contributed by atoms with Gasteiger partial charge < -0.3 is 19.2 Å². The van der Waals surface area contributed by atoms with Gasteiger partial charge in [-0.25, -0.2) is 0 Å². The molecule has 0 spiro atoms. The molecule has 3 aromatic rings. The number of nitriles is 1. The normalized spacial score (nSPS) is 10.5. The van der Waals surface area contributed by atoms with Crippen LogP contribution in [0.1, 0.15) is 17.1 Å². The van der Waals surface area contributed by atoms with Crippen LogP contribution in [0, 0.1) is 11.3 Å². The molecule has 6 heteroatoms. The largest absolute Gasteiger partial charge is 0.497 e. The van der Waals surface area contributed by atoms with Gasteiger partial charge in [0, 0.05) is 11.8 Å². The number of anilines is 2. The molecule has 0 fully saturated rings. The number of ether oxygens (including phenoxy) is 2. The molecule has 130 valence electrons. The fourth-order valence-electron chi connectivity index (χ4n) is 2.29. The van der Waals surface area contributed by atoms with Crippen LogP contribution in [0.15, 0.2) is 52.9 Å². The zero-order valence-corrected chi connectivity index (χ0v) is 14.4. The zero-order chi connectivity index (χ0) is 18.4. The van der Waals surface area contributed by atoms with Gasteiger partial charge >= 0.3 is 0 Å². The molecular weight excluding hydrogens is 330 g/mol. The van der Waals surface area contributed by atoms with Crippen molar-refractivity contribution >= 4 is 23.7 Å². The molecule has 0 saturated carbocycles. The predicted octanol–water partition coefficient (Wildman–Crippen LogP) is 4.48. The molecule has 0 aliphatic rings. The minimum atomic E-state index is 0.186. The van der Waals surface area contributed by atoms with Crippen molar-refractivity contribution < 1.29 is 13.9 Å². The summed E-state index contributed by atoms with van der Waals surface area (Å²) in [6.45, 7) is 0. The minimum absolute atomic E-state index is 0.186. The second-order valence-corrected chi connectivity index (χ2v) is 5.31. The van der Waals surface area contributed by atoms with Crippen LogP contribution in [0.5, 0.6) is 11.5 Å². The number of nitrogens with zero attached hydrogens (tertiary/aromatic N) is 2. The molecule has 0 aliphatic heterocycles. The lowest BCUT2D eigenvalue weighted by atomic mass is 10.2. The number of nitrogens with one attached hydrogen (secondary N) is 1. The summed E-state index contributed by atoms with van der Waals surface area (Å²) in [5, 5.41) is 12.3. The van der Waals surface area contributed by atoms with Crippen LogP contribution >= 0.6 is 0 Å². The van der Waals surface area contributed by atoms with Crippen LogP contribution in [-0.2, 0) is 0 Å². The third kappa shape index (κ3) is 4.02. The summed E-state index contributed by atoms with van der Waals surface area (Å²) in [5.41, 5.74) is 1.89. The molecule has 1 aromatic heterocycles. The lowest BCUT2D eigenvalue weighted by Gasteiger charge is -2.04. The predicted molar refractivity (Wildman–Crippen MR) is 99.4 cm³/mol. The van der Waals surface area contributed by atoms with E-state index >= 15 is 0 Å². The van der Waals surface area contributed by atoms with Crippen LogP contribution in [0.2, 0.25) is 0 Å². The Bertz CT molecular complexity index is 953. The summed E-state index contributed by atoms with van der Waals surface area (Å²) in [5.74, 6) is 2.14. The number of benzene rings is 2. The number of hydrogen-bond donors (Lipinski definition) is 1. The molecule has 1 N–H and O–H groups in total. The van der Waals surface area contributed by atoms with Crippen molar-refractivity contribution in [2.75, 3.05) is 19.5 Å². The molecule has 0 bridgehead atoms. The van der Waals surface area contributed by atoms with E-state index in [2.05, 4.69) is 10.3 Å². The van der Waals surface area contributed by atoms with E-state index in [1.807, 2.05) is 60.7 Å². The Morgan fingerprint density at radius 3 is 2.50 bits per heavy atom. The highest BCUT2D eigenvalue weighted by Gasteiger charge is 2.11. The quantitative estimate of drug-likeness (QED) is 0.708. The van der Waals surface area contributed by atoms with Crippen molar-refractivity contribution in [3.63, 3.8) is 0 Å². The Morgan fingerprint density at radius 2 is 1.81 bits per heavy atom. The smallest absolute Gasteiger partial charge is 0.236 e. The van der Waals surface area contributed by atoms with E-state index in [0.29, 0.717) is 11.8 Å². The van der Waals surface area contributed by atoms with Gasteiger partial charge in [-0.2, -0.15) is 10.2 Å². The molecule has 0 unspecified atom stereocenters. The first kappa shape index (κ1) is 17.1. The minimum Gasteiger partial charge on any atom is -0.497 e. The van der Waals surface area contributed by atoms with Gasteiger partial charge in [-0.05, 0) is 48.0 Å². The Hall–Kier alpha value is -3.72. The molecule has 0 radical (unpaired) electrons. The van der Waals surface area contributed by atoms with Gasteiger partial charge in [0.25, 0.3) is 0 Å². The maximum absolute atomic E-state index is 9.27. The summed E-state index contributed by atoms with van der Waals surface area (Å²) in [4.78, 5) is 4.18. The number of hydrogen-bond acceptors (Lipinski definition) is 6. The molecule has 6 nitrogen and oxygen atoms in total. The lowest BCUT2D eigenvalue weighted by Crippen LogP contribution is -1.91. The van der Waals surface area contributed by atoms with Crippen LogP contribution < -0.4 is 14.8 Å². The third-order valence-electron chi connectivity index (χ3n) is 3.61. The van der Waals surface area contributed by atoms with E-state index in [9.17, 15) is 5.26 Å². The van der Waals surface area contributed by atoms with Crippen molar-refractivity contribution in [1.29, 1.82) is 5.26 Å². The number of aromatic nitrogens is 1. The second-order valence-electron chi connectivity index (χ2n) is 5.31. The maximum atomic E-state index is 9.27. The van der Waals surface area contributed by atoms with E-state index < -0.39 is 0 Å². The van der Waals surface area contributed by atoms with E-state index in [4.69, 9.17) is 13.9 Å². The van der Waals surface area contributed by atoms with E-state index in [-0.39, 0.29) is 5.69 Å². The molecule has 3 rings (SSSR count). The van der Waals surface area contributed by atoms with Crippen LogP contribution in [0.3, 0.4) is 0 Å². The summed E-state index contributed by atoms with van der Waals surface area (Å²) in [7, 11) is 3.22. The standard InChI is InChI=1S/C20H17N3O3/c1-24-16-9-7-15(8-10-16)22-20-18(13-21)23-19(26-20)11-6-14-4-3-5-17(12-14)25-2/h3-12,22H,1-2H3/b11-6+. The van der Waals surface area contributed by atoms with Gasteiger partial charge in [0.05, 0.1) is 14.2 Å². The van der Waals surface area contributed by atoms with Crippen molar-refractivity contribution in [1.82, 2.24) is 4.98 Å². The Kier molecular flexibility index (Phi) is 5.20. The molecule has 1 heterocycles. The first-order valence-electron chi connectivity index (χ1n) is 7.86. The van der Waals surface area contributed by atoms with E-state index in [1.54, 1.807) is 20.3 Å². The summed E-state index contributed by atoms with van der Waals surface area (Å²) in [6, 6.07) is 16.9.